The number of hydrogen-bond donors (Lipinski definition) is 2. The minimum Gasteiger partial charge on any atom is -0.355 e. The van der Waals surface area contributed by atoms with E-state index in [0.29, 0.717) is 6.04 Å². The molecule has 90 valence electrons. The molecule has 2 N–H and O–H groups in total. The molecule has 0 saturated carbocycles. The van der Waals surface area contributed by atoms with E-state index in [9.17, 15) is 0 Å². The average Bonchev–Trinajstić information content (AvgIpc) is 3.05. The third kappa shape index (κ3) is 1.46. The maximum atomic E-state index is 3.57. The fraction of sp³-hybridized carbons (Fsp3) is 0.250. The molecule has 0 radical (unpaired) electrons. The quantitative estimate of drug-likeness (QED) is 0.661. The molecule has 2 heterocycles. The van der Waals surface area contributed by atoms with Crippen molar-refractivity contribution in [2.75, 3.05) is 6.54 Å². The third-order valence-electron chi connectivity index (χ3n) is 3.99. The number of H-pyrrole nitrogens is 1. The van der Waals surface area contributed by atoms with Gasteiger partial charge >= 0.3 is 0 Å². The average molecular weight is 236 g/mol. The van der Waals surface area contributed by atoms with Crippen LogP contribution < -0.4 is 5.32 Å². The van der Waals surface area contributed by atoms with Gasteiger partial charge in [0.2, 0.25) is 0 Å². The van der Waals surface area contributed by atoms with Gasteiger partial charge in [0.05, 0.1) is 0 Å². The first-order chi connectivity index (χ1) is 8.92. The summed E-state index contributed by atoms with van der Waals surface area (Å²) in [5.74, 6) is 0. The molecule has 1 atom stereocenters. The number of aromatic amines is 1. The Morgan fingerprint density at radius 3 is 2.72 bits per heavy atom. The van der Waals surface area contributed by atoms with E-state index in [1.807, 2.05) is 0 Å². The summed E-state index contributed by atoms with van der Waals surface area (Å²) in [7, 11) is 0. The third-order valence-corrected chi connectivity index (χ3v) is 3.99. The zero-order valence-electron chi connectivity index (χ0n) is 10.2. The lowest BCUT2D eigenvalue weighted by Gasteiger charge is -2.10. The Labute approximate surface area is 106 Å². The predicted octanol–water partition coefficient (Wildman–Crippen LogP) is 3.75. The van der Waals surface area contributed by atoms with Crippen molar-refractivity contribution in [3.8, 4) is 0 Å². The van der Waals surface area contributed by atoms with Gasteiger partial charge in [0, 0.05) is 27.8 Å². The lowest BCUT2D eigenvalue weighted by atomic mass is 10.0. The van der Waals surface area contributed by atoms with Crippen LogP contribution in [0.3, 0.4) is 0 Å². The predicted molar refractivity (Wildman–Crippen MR) is 75.8 cm³/mol. The van der Waals surface area contributed by atoms with Crippen molar-refractivity contribution >= 4 is 21.8 Å². The zero-order valence-corrected chi connectivity index (χ0v) is 10.2. The first-order valence-corrected chi connectivity index (χ1v) is 6.65. The van der Waals surface area contributed by atoms with E-state index in [1.165, 1.54) is 40.2 Å². The molecule has 1 aromatic heterocycles. The van der Waals surface area contributed by atoms with Crippen LogP contribution in [0.25, 0.3) is 21.8 Å². The molecule has 2 nitrogen and oxygen atoms in total. The molecule has 1 saturated heterocycles. The van der Waals surface area contributed by atoms with Crippen LogP contribution in [-0.4, -0.2) is 11.5 Å². The molecule has 0 aliphatic carbocycles. The highest BCUT2D eigenvalue weighted by Crippen LogP contribution is 2.30. The summed E-state index contributed by atoms with van der Waals surface area (Å²) < 4.78 is 0. The summed E-state index contributed by atoms with van der Waals surface area (Å²) in [6, 6.07) is 15.9. The Kier molecular flexibility index (Phi) is 2.17. The molecule has 1 fully saturated rings. The highest BCUT2D eigenvalue weighted by molar-refractivity contribution is 6.07. The van der Waals surface area contributed by atoms with E-state index in [0.717, 1.165) is 6.54 Å². The van der Waals surface area contributed by atoms with Gasteiger partial charge in [-0.1, -0.05) is 24.3 Å². The molecule has 0 amide bonds. The molecule has 0 spiro atoms. The summed E-state index contributed by atoms with van der Waals surface area (Å²) >= 11 is 0. The summed E-state index contributed by atoms with van der Waals surface area (Å²) in [6.07, 6.45) is 2.55. The van der Waals surface area contributed by atoms with Gasteiger partial charge in [-0.05, 0) is 43.1 Å². The van der Waals surface area contributed by atoms with Crippen molar-refractivity contribution in [1.82, 2.24) is 10.3 Å². The number of benzene rings is 2. The number of para-hydroxylation sites is 1. The normalized spacial score (nSPS) is 19.9. The number of aromatic nitrogens is 1. The number of nitrogens with one attached hydrogen (secondary N) is 2. The van der Waals surface area contributed by atoms with Gasteiger partial charge in [0.15, 0.2) is 0 Å². The molecule has 18 heavy (non-hydrogen) atoms. The smallest absolute Gasteiger partial charge is 0.0465 e. The molecule has 1 unspecified atom stereocenters. The molecular formula is C16H16N2. The molecule has 3 aromatic rings. The molecule has 4 rings (SSSR count). The van der Waals surface area contributed by atoms with Gasteiger partial charge in [0.1, 0.15) is 0 Å². The summed E-state index contributed by atoms with van der Waals surface area (Å²) in [5, 5.41) is 6.24. The fourth-order valence-corrected chi connectivity index (χ4v) is 3.05. The second kappa shape index (κ2) is 3.85. The molecular weight excluding hydrogens is 220 g/mol. The Morgan fingerprint density at radius 2 is 1.83 bits per heavy atom. The lowest BCUT2D eigenvalue weighted by molar-refractivity contribution is 0.648. The van der Waals surface area contributed by atoms with E-state index in [1.54, 1.807) is 0 Å². The molecule has 2 heteroatoms. The standard InChI is InChI=1S/C16H16N2/c1-2-5-15-12(4-1)13-10-11(7-8-16(13)18-15)14-6-3-9-17-14/h1-2,4-5,7-8,10,14,17-18H,3,6,9H2. The fourth-order valence-electron chi connectivity index (χ4n) is 3.05. The first-order valence-electron chi connectivity index (χ1n) is 6.65. The van der Waals surface area contributed by atoms with Gasteiger partial charge in [-0.15, -0.1) is 0 Å². The number of fused-ring (bicyclic) bond motifs is 3. The van der Waals surface area contributed by atoms with Crippen LogP contribution in [-0.2, 0) is 0 Å². The van der Waals surface area contributed by atoms with E-state index in [-0.39, 0.29) is 0 Å². The maximum Gasteiger partial charge on any atom is 0.0465 e. The van der Waals surface area contributed by atoms with Crippen molar-refractivity contribution in [1.29, 1.82) is 0 Å². The van der Waals surface area contributed by atoms with Crippen LogP contribution >= 0.6 is 0 Å². The van der Waals surface area contributed by atoms with E-state index in [4.69, 9.17) is 0 Å². The van der Waals surface area contributed by atoms with Gasteiger partial charge in [-0.2, -0.15) is 0 Å². The van der Waals surface area contributed by atoms with Crippen LogP contribution in [0.15, 0.2) is 42.5 Å². The van der Waals surface area contributed by atoms with E-state index >= 15 is 0 Å². The second-order valence-corrected chi connectivity index (χ2v) is 5.12. The lowest BCUT2D eigenvalue weighted by Crippen LogP contribution is -2.12. The minimum atomic E-state index is 0.545. The van der Waals surface area contributed by atoms with Crippen LogP contribution in [0.2, 0.25) is 0 Å². The summed E-state index contributed by atoms with van der Waals surface area (Å²) in [4.78, 5) is 3.48. The summed E-state index contributed by atoms with van der Waals surface area (Å²) in [5.41, 5.74) is 3.88. The Hall–Kier alpha value is -1.80. The number of hydrogen-bond acceptors (Lipinski definition) is 1. The van der Waals surface area contributed by atoms with Gasteiger partial charge in [-0.3, -0.25) is 0 Å². The van der Waals surface area contributed by atoms with Crippen LogP contribution in [0.5, 0.6) is 0 Å². The summed E-state index contributed by atoms with van der Waals surface area (Å²) in [6.45, 7) is 1.15. The molecule has 1 aliphatic rings. The molecule has 0 bridgehead atoms. The number of rotatable bonds is 1. The first kappa shape index (κ1) is 10.2. The van der Waals surface area contributed by atoms with Crippen molar-refractivity contribution in [2.24, 2.45) is 0 Å². The second-order valence-electron chi connectivity index (χ2n) is 5.12. The topological polar surface area (TPSA) is 27.8 Å². The Balaban J connectivity index is 1.94. The van der Waals surface area contributed by atoms with Crippen molar-refractivity contribution in [3.05, 3.63) is 48.0 Å². The van der Waals surface area contributed by atoms with Crippen molar-refractivity contribution < 1.29 is 0 Å². The maximum absolute atomic E-state index is 3.57. The molecule has 1 aliphatic heterocycles. The largest absolute Gasteiger partial charge is 0.355 e. The Bertz CT molecular complexity index is 705. The van der Waals surface area contributed by atoms with Crippen molar-refractivity contribution in [2.45, 2.75) is 18.9 Å². The van der Waals surface area contributed by atoms with Gasteiger partial charge in [0.25, 0.3) is 0 Å². The van der Waals surface area contributed by atoms with E-state index < -0.39 is 0 Å². The monoisotopic (exact) mass is 236 g/mol. The molecule has 2 aromatic carbocycles. The van der Waals surface area contributed by atoms with Crippen LogP contribution in [0, 0.1) is 0 Å². The van der Waals surface area contributed by atoms with Crippen LogP contribution in [0.1, 0.15) is 24.4 Å². The Morgan fingerprint density at radius 1 is 0.944 bits per heavy atom. The van der Waals surface area contributed by atoms with E-state index in [2.05, 4.69) is 52.8 Å². The highest BCUT2D eigenvalue weighted by Gasteiger charge is 2.16. The zero-order chi connectivity index (χ0) is 11.9. The van der Waals surface area contributed by atoms with Crippen molar-refractivity contribution in [3.63, 3.8) is 0 Å². The SMILES string of the molecule is c1ccc2c(c1)[nH]c1ccc(C3CCCN3)cc12. The highest BCUT2D eigenvalue weighted by atomic mass is 14.9. The van der Waals surface area contributed by atoms with Crippen LogP contribution in [0.4, 0.5) is 0 Å². The van der Waals surface area contributed by atoms with Gasteiger partial charge < -0.3 is 10.3 Å². The minimum absolute atomic E-state index is 0.545. The van der Waals surface area contributed by atoms with Gasteiger partial charge in [-0.25, -0.2) is 0 Å².